The maximum absolute atomic E-state index is 14.8. The summed E-state index contributed by atoms with van der Waals surface area (Å²) in [5, 5.41) is 0. The van der Waals surface area contributed by atoms with Gasteiger partial charge in [-0.3, -0.25) is 0 Å². The van der Waals surface area contributed by atoms with E-state index in [-0.39, 0.29) is 5.56 Å². The molecule has 0 amide bonds. The molecule has 5 nitrogen and oxygen atoms in total. The molecule has 0 bridgehead atoms. The van der Waals surface area contributed by atoms with Crippen LogP contribution < -0.4 is 9.47 Å². The molecule has 1 aliphatic heterocycles. The summed E-state index contributed by atoms with van der Waals surface area (Å²) < 4.78 is 37.5. The topological polar surface area (TPSA) is 54.0 Å². The quantitative estimate of drug-likeness (QED) is 0.128. The Morgan fingerprint density at radius 1 is 0.838 bits per heavy atom. The minimum Gasteiger partial charge on any atom is -0.494 e. The van der Waals surface area contributed by atoms with E-state index in [4.69, 9.17) is 18.9 Å². The summed E-state index contributed by atoms with van der Waals surface area (Å²) in [4.78, 5) is 12.6. The van der Waals surface area contributed by atoms with Crippen LogP contribution >= 0.6 is 0 Å². The Balaban J connectivity index is 1.41. The molecule has 0 N–H and O–H groups in total. The van der Waals surface area contributed by atoms with Gasteiger partial charge >= 0.3 is 5.97 Å². The molecule has 0 radical (unpaired) electrons. The first kappa shape index (κ1) is 29.1. The van der Waals surface area contributed by atoms with Gasteiger partial charge in [0, 0.05) is 11.5 Å². The van der Waals surface area contributed by atoms with Gasteiger partial charge in [0.05, 0.1) is 25.4 Å². The molecule has 2 aromatic carbocycles. The Morgan fingerprint density at radius 3 is 2.14 bits per heavy atom. The number of halogens is 1. The van der Waals surface area contributed by atoms with Gasteiger partial charge in [-0.05, 0) is 49.2 Å². The van der Waals surface area contributed by atoms with Gasteiger partial charge in [0.2, 0.25) is 0 Å². The molecular weight excluding hydrogens is 471 g/mol. The molecule has 0 saturated carbocycles. The lowest BCUT2D eigenvalue weighted by Crippen LogP contribution is -2.27. The van der Waals surface area contributed by atoms with Crippen molar-refractivity contribution in [3.8, 4) is 11.5 Å². The summed E-state index contributed by atoms with van der Waals surface area (Å²) in [6.07, 6.45) is 12.5. The number of unbranched alkanes of at least 4 members (excludes halogenated alkanes) is 8. The second kappa shape index (κ2) is 16.4. The van der Waals surface area contributed by atoms with E-state index in [1.165, 1.54) is 63.5 Å². The highest BCUT2D eigenvalue weighted by Gasteiger charge is 2.26. The Labute approximate surface area is 221 Å². The average molecular weight is 515 g/mol. The van der Waals surface area contributed by atoms with E-state index < -0.39 is 18.1 Å². The highest BCUT2D eigenvalue weighted by atomic mass is 19.1. The lowest BCUT2D eigenvalue weighted by molar-refractivity contribution is -0.207. The van der Waals surface area contributed by atoms with Gasteiger partial charge in [0.1, 0.15) is 17.3 Å². The van der Waals surface area contributed by atoms with Crippen molar-refractivity contribution in [3.05, 3.63) is 59.4 Å². The third-order valence-corrected chi connectivity index (χ3v) is 6.72. The third-order valence-electron chi connectivity index (χ3n) is 6.72. The van der Waals surface area contributed by atoms with E-state index >= 15 is 0 Å². The van der Waals surface area contributed by atoms with E-state index in [0.29, 0.717) is 37.1 Å². The van der Waals surface area contributed by atoms with E-state index in [1.807, 2.05) is 0 Å². The Kier molecular flexibility index (Phi) is 12.9. The predicted molar refractivity (Wildman–Crippen MR) is 144 cm³/mol. The highest BCUT2D eigenvalue weighted by molar-refractivity contribution is 5.91. The number of carbonyl (C=O) groups excluding carboxylic acids is 1. The molecule has 0 aromatic heterocycles. The molecule has 1 saturated heterocycles. The van der Waals surface area contributed by atoms with E-state index in [0.717, 1.165) is 25.0 Å². The first-order chi connectivity index (χ1) is 18.1. The zero-order valence-corrected chi connectivity index (χ0v) is 22.5. The summed E-state index contributed by atoms with van der Waals surface area (Å²) >= 11 is 0. The van der Waals surface area contributed by atoms with Crippen LogP contribution in [-0.2, 0) is 9.47 Å². The summed E-state index contributed by atoms with van der Waals surface area (Å²) in [5.74, 6) is 0.297. The molecule has 0 unspecified atom stereocenters. The van der Waals surface area contributed by atoms with Crippen LogP contribution in [0.5, 0.6) is 11.5 Å². The van der Waals surface area contributed by atoms with Crippen LogP contribution in [0.2, 0.25) is 0 Å². The lowest BCUT2D eigenvalue weighted by atomic mass is 10.0. The number of benzene rings is 2. The Bertz CT molecular complexity index is 922. The molecule has 2 aromatic rings. The maximum atomic E-state index is 14.8. The first-order valence-corrected chi connectivity index (χ1v) is 14.1. The predicted octanol–water partition coefficient (Wildman–Crippen LogP) is 8.42. The fraction of sp³-hybridized carbons (Fsp3) is 0.581. The fourth-order valence-electron chi connectivity index (χ4n) is 4.44. The molecule has 1 aliphatic rings. The second-order valence-electron chi connectivity index (χ2n) is 9.93. The maximum Gasteiger partial charge on any atom is 0.343 e. The molecular formula is C31H43FO5. The monoisotopic (exact) mass is 514 g/mol. The largest absolute Gasteiger partial charge is 0.494 e. The molecule has 0 aliphatic carbocycles. The van der Waals surface area contributed by atoms with Crippen LogP contribution in [0.4, 0.5) is 4.39 Å². The minimum absolute atomic E-state index is 0.133. The van der Waals surface area contributed by atoms with Gasteiger partial charge in [0.25, 0.3) is 0 Å². The van der Waals surface area contributed by atoms with Crippen LogP contribution in [0.25, 0.3) is 0 Å². The zero-order valence-electron chi connectivity index (χ0n) is 22.5. The van der Waals surface area contributed by atoms with Gasteiger partial charge in [-0.2, -0.15) is 0 Å². The van der Waals surface area contributed by atoms with Crippen molar-refractivity contribution in [2.45, 2.75) is 90.8 Å². The Hall–Kier alpha value is -2.44. The fourth-order valence-corrected chi connectivity index (χ4v) is 4.44. The number of rotatable bonds is 16. The smallest absolute Gasteiger partial charge is 0.343 e. The van der Waals surface area contributed by atoms with Gasteiger partial charge in [0.15, 0.2) is 6.29 Å². The highest BCUT2D eigenvalue weighted by Crippen LogP contribution is 2.29. The summed E-state index contributed by atoms with van der Waals surface area (Å²) in [5.41, 5.74) is 0.430. The molecule has 3 rings (SSSR count). The normalized spacial score (nSPS) is 17.5. The van der Waals surface area contributed by atoms with Crippen molar-refractivity contribution < 1.29 is 28.1 Å². The van der Waals surface area contributed by atoms with Crippen molar-refractivity contribution in [2.75, 3.05) is 19.8 Å². The molecule has 6 heteroatoms. The SMILES string of the molecule is CCCCCCCCCOc1ccc(OC(=O)c2ccc(C3OCC(CCCCC)CO3)c(F)c2)cc1. The van der Waals surface area contributed by atoms with Gasteiger partial charge in [-0.15, -0.1) is 0 Å². The minimum atomic E-state index is -0.749. The standard InChI is InChI=1S/C31H43FO5/c1-3-5-7-8-9-10-12-20-34-26-15-17-27(18-16-26)37-30(33)25-14-19-28(29(32)21-25)31-35-22-24(23-36-31)13-11-6-4-2/h14-19,21,24,31H,3-13,20,22-23H2,1-2H3. The van der Waals surface area contributed by atoms with E-state index in [1.54, 1.807) is 30.3 Å². The number of hydrogen-bond donors (Lipinski definition) is 0. The van der Waals surface area contributed by atoms with Crippen LogP contribution in [0.1, 0.15) is 107 Å². The van der Waals surface area contributed by atoms with Crippen LogP contribution in [0.3, 0.4) is 0 Å². The van der Waals surface area contributed by atoms with E-state index in [9.17, 15) is 9.18 Å². The molecule has 1 heterocycles. The first-order valence-electron chi connectivity index (χ1n) is 14.1. The van der Waals surface area contributed by atoms with Gasteiger partial charge in [-0.1, -0.05) is 77.7 Å². The second-order valence-corrected chi connectivity index (χ2v) is 9.93. The molecule has 0 spiro atoms. The summed E-state index contributed by atoms with van der Waals surface area (Å²) in [7, 11) is 0. The van der Waals surface area contributed by atoms with Crippen molar-refractivity contribution in [1.82, 2.24) is 0 Å². The van der Waals surface area contributed by atoms with Crippen molar-refractivity contribution in [1.29, 1.82) is 0 Å². The number of esters is 1. The molecule has 204 valence electrons. The molecule has 0 atom stereocenters. The molecule has 1 fully saturated rings. The van der Waals surface area contributed by atoms with Crippen molar-refractivity contribution in [2.24, 2.45) is 5.92 Å². The number of hydrogen-bond acceptors (Lipinski definition) is 5. The summed E-state index contributed by atoms with van der Waals surface area (Å²) in [6, 6.07) is 11.2. The van der Waals surface area contributed by atoms with Crippen LogP contribution in [0.15, 0.2) is 42.5 Å². The average Bonchev–Trinajstić information content (AvgIpc) is 2.91. The molecule has 37 heavy (non-hydrogen) atoms. The number of carbonyl (C=O) groups is 1. The lowest BCUT2D eigenvalue weighted by Gasteiger charge is -2.29. The van der Waals surface area contributed by atoms with Gasteiger partial charge < -0.3 is 18.9 Å². The zero-order chi connectivity index (χ0) is 26.3. The van der Waals surface area contributed by atoms with Crippen molar-refractivity contribution >= 4 is 5.97 Å². The van der Waals surface area contributed by atoms with Crippen LogP contribution in [-0.4, -0.2) is 25.8 Å². The van der Waals surface area contributed by atoms with E-state index in [2.05, 4.69) is 13.8 Å². The Morgan fingerprint density at radius 2 is 1.46 bits per heavy atom. The number of ether oxygens (including phenoxy) is 4. The van der Waals surface area contributed by atoms with Crippen LogP contribution in [0, 0.1) is 11.7 Å². The van der Waals surface area contributed by atoms with Gasteiger partial charge in [-0.25, -0.2) is 9.18 Å². The third kappa shape index (κ3) is 10.1. The van der Waals surface area contributed by atoms with Crippen molar-refractivity contribution in [3.63, 3.8) is 0 Å². The summed E-state index contributed by atoms with van der Waals surface area (Å²) in [6.45, 7) is 6.18.